The number of hydrogen-bond donors (Lipinski definition) is 0. The molecule has 3 nitrogen and oxygen atoms in total. The lowest BCUT2D eigenvalue weighted by atomic mass is 9.97. The SMILES string of the molecule is C=C1CCO[C@@H]2COC(=O)[C@@H]2C1. The smallest absolute Gasteiger partial charge is 0.312 e. The third-order valence-corrected chi connectivity index (χ3v) is 2.44. The van der Waals surface area contributed by atoms with Crippen LogP contribution in [0.1, 0.15) is 12.8 Å². The molecule has 0 aliphatic carbocycles. The zero-order valence-electron chi connectivity index (χ0n) is 6.91. The van der Waals surface area contributed by atoms with Crippen molar-refractivity contribution in [2.24, 2.45) is 5.92 Å². The maximum absolute atomic E-state index is 11.2. The van der Waals surface area contributed by atoms with Gasteiger partial charge in [0, 0.05) is 0 Å². The van der Waals surface area contributed by atoms with Gasteiger partial charge >= 0.3 is 5.97 Å². The number of ether oxygens (including phenoxy) is 2. The Kier molecular flexibility index (Phi) is 1.89. The molecule has 0 spiro atoms. The number of hydrogen-bond acceptors (Lipinski definition) is 3. The van der Waals surface area contributed by atoms with E-state index < -0.39 is 0 Å². The standard InChI is InChI=1S/C9H12O3/c1-6-2-3-11-8-5-12-9(10)7(8)4-6/h7-8H,1-5H2/t7-,8-/m1/s1. The molecule has 2 rings (SSSR count). The summed E-state index contributed by atoms with van der Waals surface area (Å²) < 4.78 is 10.4. The van der Waals surface area contributed by atoms with Crippen LogP contribution in [-0.4, -0.2) is 25.3 Å². The van der Waals surface area contributed by atoms with Gasteiger partial charge < -0.3 is 9.47 Å². The van der Waals surface area contributed by atoms with Crippen molar-refractivity contribution in [1.82, 2.24) is 0 Å². The highest BCUT2D eigenvalue weighted by molar-refractivity contribution is 5.75. The summed E-state index contributed by atoms with van der Waals surface area (Å²) in [7, 11) is 0. The Hall–Kier alpha value is -0.830. The predicted octanol–water partition coefficient (Wildman–Crippen LogP) is 0.895. The average molecular weight is 168 g/mol. The summed E-state index contributed by atoms with van der Waals surface area (Å²) in [6.07, 6.45) is 1.60. The van der Waals surface area contributed by atoms with Crippen LogP contribution in [0.25, 0.3) is 0 Å². The number of rotatable bonds is 0. The molecule has 2 atom stereocenters. The monoisotopic (exact) mass is 168 g/mol. The molecule has 0 aromatic rings. The van der Waals surface area contributed by atoms with Crippen LogP contribution >= 0.6 is 0 Å². The Morgan fingerprint density at radius 2 is 2.33 bits per heavy atom. The van der Waals surface area contributed by atoms with E-state index in [4.69, 9.17) is 9.47 Å². The molecule has 2 aliphatic heterocycles. The number of cyclic esters (lactones) is 1. The van der Waals surface area contributed by atoms with Gasteiger partial charge in [0.1, 0.15) is 12.7 Å². The molecule has 2 saturated heterocycles. The van der Waals surface area contributed by atoms with Crippen molar-refractivity contribution in [3.63, 3.8) is 0 Å². The summed E-state index contributed by atoms with van der Waals surface area (Å²) in [4.78, 5) is 11.2. The number of carbonyl (C=O) groups excluding carboxylic acids is 1. The minimum atomic E-state index is -0.122. The van der Waals surface area contributed by atoms with Gasteiger partial charge in [0.05, 0.1) is 12.5 Å². The molecule has 12 heavy (non-hydrogen) atoms. The first-order valence-corrected chi connectivity index (χ1v) is 4.22. The van der Waals surface area contributed by atoms with Crippen molar-refractivity contribution >= 4 is 5.97 Å². The second kappa shape index (κ2) is 2.90. The maximum atomic E-state index is 11.2. The van der Waals surface area contributed by atoms with Crippen molar-refractivity contribution in [2.45, 2.75) is 18.9 Å². The van der Waals surface area contributed by atoms with E-state index in [-0.39, 0.29) is 18.0 Å². The maximum Gasteiger partial charge on any atom is 0.312 e. The largest absolute Gasteiger partial charge is 0.463 e. The Morgan fingerprint density at radius 3 is 3.17 bits per heavy atom. The molecule has 0 bridgehead atoms. The van der Waals surface area contributed by atoms with Gasteiger partial charge in [-0.25, -0.2) is 0 Å². The van der Waals surface area contributed by atoms with E-state index in [0.717, 1.165) is 18.4 Å². The lowest BCUT2D eigenvalue weighted by molar-refractivity contribution is -0.141. The van der Waals surface area contributed by atoms with Crippen LogP contribution in [0.15, 0.2) is 12.2 Å². The Bertz CT molecular complexity index is 222. The van der Waals surface area contributed by atoms with Crippen LogP contribution in [0.4, 0.5) is 0 Å². The molecule has 0 unspecified atom stereocenters. The van der Waals surface area contributed by atoms with E-state index in [1.54, 1.807) is 0 Å². The van der Waals surface area contributed by atoms with Crippen molar-refractivity contribution in [1.29, 1.82) is 0 Å². The normalized spacial score (nSPS) is 35.7. The summed E-state index contributed by atoms with van der Waals surface area (Å²) in [5, 5.41) is 0. The van der Waals surface area contributed by atoms with Crippen LogP contribution in [0.5, 0.6) is 0 Å². The highest BCUT2D eigenvalue weighted by atomic mass is 16.6. The number of fused-ring (bicyclic) bond motifs is 1. The quantitative estimate of drug-likeness (QED) is 0.398. The molecule has 2 aliphatic rings. The van der Waals surface area contributed by atoms with Crippen molar-refractivity contribution in [3.8, 4) is 0 Å². The molecule has 0 amide bonds. The van der Waals surface area contributed by atoms with Gasteiger partial charge in [-0.3, -0.25) is 4.79 Å². The fourth-order valence-electron chi connectivity index (χ4n) is 1.69. The molecule has 3 heteroatoms. The summed E-state index contributed by atoms with van der Waals surface area (Å²) in [5.41, 5.74) is 1.10. The topological polar surface area (TPSA) is 35.5 Å². The summed E-state index contributed by atoms with van der Waals surface area (Å²) in [6.45, 7) is 4.99. The van der Waals surface area contributed by atoms with Crippen LogP contribution < -0.4 is 0 Å². The third-order valence-electron chi connectivity index (χ3n) is 2.44. The van der Waals surface area contributed by atoms with Crippen molar-refractivity contribution < 1.29 is 14.3 Å². The van der Waals surface area contributed by atoms with Crippen LogP contribution in [0, 0.1) is 5.92 Å². The van der Waals surface area contributed by atoms with E-state index in [1.807, 2.05) is 0 Å². The predicted molar refractivity (Wildman–Crippen MR) is 42.6 cm³/mol. The first kappa shape index (κ1) is 7.80. The van der Waals surface area contributed by atoms with Crippen LogP contribution in [0.2, 0.25) is 0 Å². The lowest BCUT2D eigenvalue weighted by Crippen LogP contribution is -2.22. The molecule has 0 N–H and O–H groups in total. The van der Waals surface area contributed by atoms with Gasteiger partial charge in [-0.2, -0.15) is 0 Å². The Labute approximate surface area is 71.3 Å². The average Bonchev–Trinajstić information content (AvgIpc) is 2.31. The first-order valence-electron chi connectivity index (χ1n) is 4.22. The van der Waals surface area contributed by atoms with Crippen molar-refractivity contribution in [3.05, 3.63) is 12.2 Å². The Balaban J connectivity index is 2.13. The van der Waals surface area contributed by atoms with Gasteiger partial charge in [0.25, 0.3) is 0 Å². The molecular weight excluding hydrogens is 156 g/mol. The van der Waals surface area contributed by atoms with Crippen LogP contribution in [-0.2, 0) is 14.3 Å². The molecule has 2 fully saturated rings. The molecule has 66 valence electrons. The van der Waals surface area contributed by atoms with E-state index >= 15 is 0 Å². The molecule has 0 radical (unpaired) electrons. The zero-order valence-corrected chi connectivity index (χ0v) is 6.91. The first-order chi connectivity index (χ1) is 5.77. The molecule has 0 aromatic heterocycles. The Morgan fingerprint density at radius 1 is 1.50 bits per heavy atom. The zero-order chi connectivity index (χ0) is 8.55. The van der Waals surface area contributed by atoms with E-state index in [0.29, 0.717) is 13.2 Å². The number of esters is 1. The highest BCUT2D eigenvalue weighted by Crippen LogP contribution is 2.29. The van der Waals surface area contributed by atoms with Gasteiger partial charge in [-0.1, -0.05) is 12.2 Å². The van der Waals surface area contributed by atoms with Gasteiger partial charge in [0.2, 0.25) is 0 Å². The second-order valence-corrected chi connectivity index (χ2v) is 3.35. The molecule has 2 heterocycles. The fraction of sp³-hybridized carbons (Fsp3) is 0.667. The number of carbonyl (C=O) groups is 1. The summed E-state index contributed by atoms with van der Waals surface area (Å²) in [6, 6.07) is 0. The van der Waals surface area contributed by atoms with E-state index in [9.17, 15) is 4.79 Å². The van der Waals surface area contributed by atoms with Crippen LogP contribution in [0.3, 0.4) is 0 Å². The summed E-state index contributed by atoms with van der Waals surface area (Å²) >= 11 is 0. The fourth-order valence-corrected chi connectivity index (χ4v) is 1.69. The third kappa shape index (κ3) is 1.25. The minimum absolute atomic E-state index is 0.0169. The molecule has 0 saturated carbocycles. The summed E-state index contributed by atoms with van der Waals surface area (Å²) in [5.74, 6) is -0.206. The van der Waals surface area contributed by atoms with Gasteiger partial charge in [-0.15, -0.1) is 0 Å². The molecular formula is C9H12O3. The highest BCUT2D eigenvalue weighted by Gasteiger charge is 2.39. The van der Waals surface area contributed by atoms with Gasteiger partial charge in [0.15, 0.2) is 0 Å². The van der Waals surface area contributed by atoms with E-state index in [2.05, 4.69) is 6.58 Å². The molecule has 0 aromatic carbocycles. The van der Waals surface area contributed by atoms with Gasteiger partial charge in [-0.05, 0) is 12.8 Å². The lowest BCUT2D eigenvalue weighted by Gasteiger charge is -2.09. The van der Waals surface area contributed by atoms with E-state index in [1.165, 1.54) is 0 Å². The minimum Gasteiger partial charge on any atom is -0.463 e. The van der Waals surface area contributed by atoms with Crippen molar-refractivity contribution in [2.75, 3.05) is 13.2 Å². The second-order valence-electron chi connectivity index (χ2n) is 3.35.